The number of rotatable bonds is 4. The highest BCUT2D eigenvalue weighted by Gasteiger charge is 2.42. The van der Waals surface area contributed by atoms with Crippen LogP contribution in [0.3, 0.4) is 0 Å². The number of aromatic nitrogens is 1. The van der Waals surface area contributed by atoms with Crippen molar-refractivity contribution in [2.75, 3.05) is 18.6 Å². The van der Waals surface area contributed by atoms with Crippen LogP contribution in [-0.2, 0) is 26.1 Å². The number of phenols is 1. The van der Waals surface area contributed by atoms with Gasteiger partial charge in [-0.25, -0.2) is 8.42 Å². The van der Waals surface area contributed by atoms with E-state index in [4.69, 9.17) is 4.74 Å². The Morgan fingerprint density at radius 1 is 1.06 bits per heavy atom. The predicted molar refractivity (Wildman–Crippen MR) is 119 cm³/mol. The van der Waals surface area contributed by atoms with Crippen LogP contribution >= 0.6 is 0 Å². The number of anilines is 1. The molecule has 0 radical (unpaired) electrons. The second-order valence-corrected chi connectivity index (χ2v) is 9.26. The summed E-state index contributed by atoms with van der Waals surface area (Å²) < 4.78 is 33.1. The van der Waals surface area contributed by atoms with E-state index in [1.807, 2.05) is 0 Å². The van der Waals surface area contributed by atoms with Gasteiger partial charge in [0, 0.05) is 24.6 Å². The topological polar surface area (TPSA) is 117 Å². The van der Waals surface area contributed by atoms with Gasteiger partial charge < -0.3 is 14.7 Å². The van der Waals surface area contributed by atoms with Gasteiger partial charge in [-0.05, 0) is 48.0 Å². The van der Waals surface area contributed by atoms with Crippen LogP contribution in [0, 0.1) is 0 Å². The van der Waals surface area contributed by atoms with Gasteiger partial charge in [0.1, 0.15) is 11.8 Å². The fraction of sp³-hybridized carbons (Fsp3) is 0.174. The molecule has 2 heterocycles. The van der Waals surface area contributed by atoms with Gasteiger partial charge >= 0.3 is 5.97 Å². The van der Waals surface area contributed by atoms with Crippen molar-refractivity contribution in [3.05, 3.63) is 84.2 Å². The fourth-order valence-corrected chi connectivity index (χ4v) is 5.27. The molecule has 1 N–H and O–H groups in total. The lowest BCUT2D eigenvalue weighted by Gasteiger charge is -2.29. The van der Waals surface area contributed by atoms with E-state index >= 15 is 0 Å². The van der Waals surface area contributed by atoms with Crippen LogP contribution in [0.4, 0.5) is 5.69 Å². The Balaban J connectivity index is 1.84. The first-order valence-electron chi connectivity index (χ1n) is 10.0. The molecule has 0 bridgehead atoms. The van der Waals surface area contributed by atoms with Crippen LogP contribution < -0.4 is 4.90 Å². The Bertz CT molecular complexity index is 1280. The molecule has 1 unspecified atom stereocenters. The maximum atomic E-state index is 13.6. The molecule has 0 spiro atoms. The number of phenolic OH excluding ortho intramolecular Hbond substituents is 1. The third-order valence-corrected chi connectivity index (χ3v) is 7.25. The molecule has 2 aromatic carbocycles. The first-order chi connectivity index (χ1) is 15.8. The summed E-state index contributed by atoms with van der Waals surface area (Å²) in [5, 5.41) is 9.56. The summed E-state index contributed by atoms with van der Waals surface area (Å²) in [6.07, 6.45) is 2.95. The summed E-state index contributed by atoms with van der Waals surface area (Å²) in [5.74, 6) is -1.31. The molecule has 33 heavy (non-hydrogen) atoms. The van der Waals surface area contributed by atoms with Crippen LogP contribution in [0.5, 0.6) is 5.75 Å². The summed E-state index contributed by atoms with van der Waals surface area (Å²) >= 11 is 0. The molecule has 1 amide bonds. The van der Waals surface area contributed by atoms with Crippen molar-refractivity contribution in [2.45, 2.75) is 17.5 Å². The van der Waals surface area contributed by atoms with Crippen LogP contribution in [0.25, 0.3) is 0 Å². The average molecular weight is 468 g/mol. The van der Waals surface area contributed by atoms with Crippen LogP contribution in [-0.4, -0.2) is 54.4 Å². The maximum absolute atomic E-state index is 13.6. The molecule has 1 atom stereocenters. The first-order valence-corrected chi connectivity index (χ1v) is 11.5. The first kappa shape index (κ1) is 22.4. The van der Waals surface area contributed by atoms with Crippen molar-refractivity contribution in [2.24, 2.45) is 0 Å². The van der Waals surface area contributed by atoms with Gasteiger partial charge in [0.25, 0.3) is 5.91 Å². The van der Waals surface area contributed by atoms with Crippen LogP contribution in [0.15, 0.2) is 78.0 Å². The van der Waals surface area contributed by atoms with Crippen molar-refractivity contribution in [1.82, 2.24) is 9.29 Å². The number of benzene rings is 2. The Labute approximate surface area is 190 Å². The number of sulfonamides is 1. The summed E-state index contributed by atoms with van der Waals surface area (Å²) in [6.45, 7) is -0.412. The van der Waals surface area contributed by atoms with Crippen molar-refractivity contribution < 1.29 is 27.9 Å². The minimum atomic E-state index is -4.19. The lowest BCUT2D eigenvalue weighted by Crippen LogP contribution is -2.50. The largest absolute Gasteiger partial charge is 0.508 e. The lowest BCUT2D eigenvalue weighted by atomic mass is 10.1. The van der Waals surface area contributed by atoms with E-state index in [1.54, 1.807) is 36.4 Å². The van der Waals surface area contributed by atoms with Crippen molar-refractivity contribution in [1.29, 1.82) is 0 Å². The van der Waals surface area contributed by atoms with E-state index in [2.05, 4.69) is 4.98 Å². The zero-order valence-electron chi connectivity index (χ0n) is 17.7. The molecule has 170 valence electrons. The van der Waals surface area contributed by atoms with Gasteiger partial charge in [0.2, 0.25) is 10.0 Å². The van der Waals surface area contributed by atoms with Crippen molar-refractivity contribution in [3.63, 3.8) is 0 Å². The molecule has 0 saturated heterocycles. The lowest BCUT2D eigenvalue weighted by molar-refractivity contribution is -0.144. The maximum Gasteiger partial charge on any atom is 0.326 e. The zero-order chi connectivity index (χ0) is 23.6. The number of nitrogens with zero attached hydrogens (tertiary/aromatic N) is 3. The molecule has 9 nitrogen and oxygen atoms in total. The molecule has 10 heteroatoms. The molecule has 1 aliphatic rings. The van der Waals surface area contributed by atoms with Gasteiger partial charge in [-0.2, -0.15) is 4.31 Å². The van der Waals surface area contributed by atoms with Crippen molar-refractivity contribution >= 4 is 27.6 Å². The highest BCUT2D eigenvalue weighted by molar-refractivity contribution is 7.89. The number of para-hydroxylation sites is 1. The van der Waals surface area contributed by atoms with E-state index in [0.29, 0.717) is 16.8 Å². The number of methoxy groups -OCH3 is 1. The second kappa shape index (κ2) is 9.00. The monoisotopic (exact) mass is 467 g/mol. The molecular formula is C23H21N3O6S. The van der Waals surface area contributed by atoms with E-state index < -0.39 is 27.9 Å². The number of hydrogen-bond acceptors (Lipinski definition) is 7. The standard InChI is InChI=1S/C23H21N3O6S/c1-32-23(29)21-15-25(22(28)16-6-4-12-24-13-16)20-7-3-2-5-17(20)14-26(21)33(30,31)19-10-8-18(27)9-11-19/h2-13,21,27H,14-15H2,1H3. The van der Waals surface area contributed by atoms with E-state index in [9.17, 15) is 23.1 Å². The number of carbonyl (C=O) groups is 2. The van der Waals surface area contributed by atoms with E-state index in [0.717, 1.165) is 4.31 Å². The molecule has 3 aromatic rings. The van der Waals surface area contributed by atoms with Gasteiger partial charge in [-0.1, -0.05) is 18.2 Å². The quantitative estimate of drug-likeness (QED) is 0.585. The normalized spacial score (nSPS) is 16.5. The number of fused-ring (bicyclic) bond motifs is 1. The molecule has 0 aliphatic carbocycles. The summed E-state index contributed by atoms with van der Waals surface area (Å²) in [4.78, 5) is 31.4. The van der Waals surface area contributed by atoms with Crippen molar-refractivity contribution in [3.8, 4) is 5.75 Å². The molecule has 0 saturated carbocycles. The Morgan fingerprint density at radius 3 is 2.45 bits per heavy atom. The summed E-state index contributed by atoms with van der Waals surface area (Å²) in [5.41, 5.74) is 1.33. The van der Waals surface area contributed by atoms with Gasteiger partial charge in [-0.3, -0.25) is 14.6 Å². The number of carbonyl (C=O) groups excluding carboxylic acids is 2. The summed E-state index contributed by atoms with van der Waals surface area (Å²) in [6, 6.07) is 13.8. The van der Waals surface area contributed by atoms with E-state index in [1.165, 1.54) is 48.7 Å². The third-order valence-electron chi connectivity index (χ3n) is 5.38. The van der Waals surface area contributed by atoms with Gasteiger partial charge in [0.05, 0.1) is 24.1 Å². The van der Waals surface area contributed by atoms with E-state index in [-0.39, 0.29) is 23.7 Å². The minimum absolute atomic E-state index is 0.0899. The average Bonchev–Trinajstić information content (AvgIpc) is 3.02. The highest BCUT2D eigenvalue weighted by atomic mass is 32.2. The number of aromatic hydroxyl groups is 1. The Kier molecular flexibility index (Phi) is 6.12. The Morgan fingerprint density at radius 2 is 1.79 bits per heavy atom. The predicted octanol–water partition coefficient (Wildman–Crippen LogP) is 2.18. The van der Waals surface area contributed by atoms with Gasteiger partial charge in [0.15, 0.2) is 0 Å². The second-order valence-electron chi connectivity index (χ2n) is 7.37. The van der Waals surface area contributed by atoms with Crippen LogP contribution in [0.2, 0.25) is 0 Å². The number of esters is 1. The van der Waals surface area contributed by atoms with Gasteiger partial charge in [-0.15, -0.1) is 0 Å². The third kappa shape index (κ3) is 4.30. The number of ether oxygens (including phenoxy) is 1. The molecule has 4 rings (SSSR count). The summed E-state index contributed by atoms with van der Waals surface area (Å²) in [7, 11) is -3.03. The molecule has 1 aliphatic heterocycles. The Hall–Kier alpha value is -3.76. The minimum Gasteiger partial charge on any atom is -0.508 e. The smallest absolute Gasteiger partial charge is 0.326 e. The fourth-order valence-electron chi connectivity index (χ4n) is 3.72. The molecule has 1 aromatic heterocycles. The number of amides is 1. The number of hydrogen-bond donors (Lipinski definition) is 1. The molecule has 0 fully saturated rings. The zero-order valence-corrected chi connectivity index (χ0v) is 18.5. The SMILES string of the molecule is COC(=O)C1CN(C(=O)c2cccnc2)c2ccccc2CN1S(=O)(=O)c1ccc(O)cc1. The highest BCUT2D eigenvalue weighted by Crippen LogP contribution is 2.32. The molecular weight excluding hydrogens is 446 g/mol. The van der Waals surface area contributed by atoms with Crippen LogP contribution in [0.1, 0.15) is 15.9 Å². The number of pyridine rings is 1.